The molecular weight excluding hydrogens is 785 g/mol. The Labute approximate surface area is 377 Å². The molecule has 0 N–H and O–H groups in total. The molecule has 11 aromatic carbocycles. The van der Waals surface area contributed by atoms with Gasteiger partial charge in [-0.15, -0.1) is 0 Å². The van der Waals surface area contributed by atoms with Gasteiger partial charge in [-0.3, -0.25) is 0 Å². The number of rotatable bonds is 5. The van der Waals surface area contributed by atoms with E-state index in [0.29, 0.717) is 0 Å². The maximum atomic E-state index is 2.53. The van der Waals surface area contributed by atoms with E-state index in [1.807, 2.05) is 0 Å². The van der Waals surface area contributed by atoms with E-state index in [0.717, 1.165) is 22.7 Å². The molecule has 0 saturated heterocycles. The first kappa shape index (κ1) is 36.1. The summed E-state index contributed by atoms with van der Waals surface area (Å²) in [6, 6.07) is 90.4. The van der Waals surface area contributed by atoms with E-state index < -0.39 is 5.41 Å². The van der Waals surface area contributed by atoms with Crippen LogP contribution in [-0.2, 0) is 5.41 Å². The Morgan fingerprint density at radius 1 is 0.323 bits per heavy atom. The fourth-order valence-electron chi connectivity index (χ4n) is 11.7. The van der Waals surface area contributed by atoms with E-state index in [2.05, 4.69) is 252 Å². The molecule has 12 aromatic rings. The van der Waals surface area contributed by atoms with Crippen molar-refractivity contribution in [1.29, 1.82) is 0 Å². The summed E-state index contributed by atoms with van der Waals surface area (Å²) in [6.45, 7) is 0. The second-order valence-electron chi connectivity index (χ2n) is 17.6. The molecule has 0 bridgehead atoms. The zero-order chi connectivity index (χ0) is 42.6. The van der Waals surface area contributed by atoms with Crippen molar-refractivity contribution in [3.05, 3.63) is 265 Å². The van der Waals surface area contributed by atoms with Crippen molar-refractivity contribution < 1.29 is 0 Å². The van der Waals surface area contributed by atoms with Crippen LogP contribution in [0.15, 0.2) is 243 Å². The molecule has 0 aliphatic heterocycles. The lowest BCUT2D eigenvalue weighted by atomic mass is 9.60. The minimum atomic E-state index is -0.615. The lowest BCUT2D eigenvalue weighted by molar-refractivity contribution is 0.775. The van der Waals surface area contributed by atoms with Gasteiger partial charge in [0.15, 0.2) is 0 Å². The van der Waals surface area contributed by atoms with Crippen molar-refractivity contribution in [2.45, 2.75) is 5.41 Å². The fraction of sp³-hybridized carbons (Fsp3) is 0.0159. The van der Waals surface area contributed by atoms with Crippen LogP contribution in [0.1, 0.15) is 22.3 Å². The summed E-state index contributed by atoms with van der Waals surface area (Å²) < 4.78 is 2.42. The number of para-hydroxylation sites is 2. The molecule has 0 saturated carbocycles. The van der Waals surface area contributed by atoms with Crippen molar-refractivity contribution in [3.8, 4) is 39.1 Å². The van der Waals surface area contributed by atoms with Crippen LogP contribution in [0.4, 0.5) is 17.1 Å². The SMILES string of the molecule is c1ccc(-c2ccc3cccc4c3c2C2(c3ccccc3-c3ccc(N(c5ccc6ccccc6c5)c5ccc6c7ccccc7n(-c7ccccc7)c6c5)cc32)c2ccccc2-4)cc1. The average Bonchev–Trinajstić information content (AvgIpc) is 3.86. The van der Waals surface area contributed by atoms with Crippen molar-refractivity contribution in [3.63, 3.8) is 0 Å². The lowest BCUT2D eigenvalue weighted by Crippen LogP contribution is -2.32. The zero-order valence-corrected chi connectivity index (χ0v) is 35.5. The van der Waals surface area contributed by atoms with Crippen LogP contribution in [0.25, 0.3) is 82.4 Å². The standard InChI is InChI=1S/C63H40N2/c1-3-17-42(18-4-1)49-35-31-43-20-15-26-55-51-24-10-13-28-57(51)63(62(49)61(43)55)56-27-12-9-23-50(56)52-36-33-47(39-58(52)63)64(46-32-30-41-16-7-8-19-44(41)38-46)48-34-37-54-53-25-11-14-29-59(53)65(60(54)40-48)45-21-5-2-6-22-45/h1-40H. The third-order valence-corrected chi connectivity index (χ3v) is 14.3. The van der Waals surface area contributed by atoms with Crippen LogP contribution in [-0.4, -0.2) is 4.57 Å². The Kier molecular flexibility index (Phi) is 7.64. The third-order valence-electron chi connectivity index (χ3n) is 14.3. The molecule has 0 amide bonds. The summed E-state index contributed by atoms with van der Waals surface area (Å²) in [7, 11) is 0. The van der Waals surface area contributed by atoms with Crippen LogP contribution in [0, 0.1) is 0 Å². The number of aromatic nitrogens is 1. The van der Waals surface area contributed by atoms with Gasteiger partial charge in [0.25, 0.3) is 0 Å². The monoisotopic (exact) mass is 824 g/mol. The maximum Gasteiger partial charge on any atom is 0.0732 e. The van der Waals surface area contributed by atoms with Gasteiger partial charge in [-0.1, -0.05) is 188 Å². The van der Waals surface area contributed by atoms with Gasteiger partial charge in [-0.2, -0.15) is 0 Å². The molecule has 1 atom stereocenters. The Bertz CT molecular complexity index is 3900. The first-order chi connectivity index (χ1) is 32.3. The summed E-state index contributed by atoms with van der Waals surface area (Å²) in [5.74, 6) is 0. The van der Waals surface area contributed by atoms with E-state index in [1.54, 1.807) is 0 Å². The highest BCUT2D eigenvalue weighted by Gasteiger charge is 2.51. The van der Waals surface area contributed by atoms with Gasteiger partial charge in [0, 0.05) is 33.5 Å². The summed E-state index contributed by atoms with van der Waals surface area (Å²) >= 11 is 0. The summed E-state index contributed by atoms with van der Waals surface area (Å²) in [5.41, 5.74) is 19.1. The summed E-state index contributed by atoms with van der Waals surface area (Å²) in [6.07, 6.45) is 0. The zero-order valence-electron chi connectivity index (χ0n) is 35.5. The van der Waals surface area contributed by atoms with Crippen LogP contribution >= 0.6 is 0 Å². The lowest BCUT2D eigenvalue weighted by Gasteiger charge is -2.41. The molecule has 1 spiro atoms. The smallest absolute Gasteiger partial charge is 0.0732 e. The van der Waals surface area contributed by atoms with Gasteiger partial charge in [0.05, 0.1) is 16.4 Å². The molecule has 0 fully saturated rings. The summed E-state index contributed by atoms with van der Waals surface area (Å²) in [4.78, 5) is 2.48. The van der Waals surface area contributed by atoms with Crippen LogP contribution in [0.2, 0.25) is 0 Å². The topological polar surface area (TPSA) is 8.17 Å². The van der Waals surface area contributed by atoms with Gasteiger partial charge in [0.1, 0.15) is 0 Å². The van der Waals surface area contributed by atoms with Crippen molar-refractivity contribution in [1.82, 2.24) is 4.57 Å². The molecule has 1 heterocycles. The molecule has 1 aromatic heterocycles. The van der Waals surface area contributed by atoms with E-state index in [-0.39, 0.29) is 0 Å². The molecule has 2 aliphatic rings. The second kappa shape index (κ2) is 13.8. The molecule has 2 nitrogen and oxygen atoms in total. The van der Waals surface area contributed by atoms with Gasteiger partial charge in [-0.25, -0.2) is 0 Å². The molecule has 1 unspecified atom stereocenters. The van der Waals surface area contributed by atoms with E-state index in [1.165, 1.54) is 99.0 Å². The number of hydrogen-bond acceptors (Lipinski definition) is 1. The average molecular weight is 825 g/mol. The molecule has 14 rings (SSSR count). The van der Waals surface area contributed by atoms with Crippen molar-refractivity contribution in [2.24, 2.45) is 0 Å². The van der Waals surface area contributed by atoms with E-state index >= 15 is 0 Å². The molecule has 2 heteroatoms. The largest absolute Gasteiger partial charge is 0.310 e. The maximum absolute atomic E-state index is 2.53. The first-order valence-electron chi connectivity index (χ1n) is 22.6. The molecular formula is C63H40N2. The predicted octanol–water partition coefficient (Wildman–Crippen LogP) is 16.6. The van der Waals surface area contributed by atoms with E-state index in [9.17, 15) is 0 Å². The second-order valence-corrected chi connectivity index (χ2v) is 17.6. The highest BCUT2D eigenvalue weighted by molar-refractivity contribution is 6.12. The van der Waals surface area contributed by atoms with Gasteiger partial charge in [0.2, 0.25) is 0 Å². The number of nitrogens with zero attached hydrogens (tertiary/aromatic N) is 2. The fourth-order valence-corrected chi connectivity index (χ4v) is 11.7. The number of fused-ring (bicyclic) bond motifs is 13. The minimum Gasteiger partial charge on any atom is -0.310 e. The number of anilines is 3. The molecule has 302 valence electrons. The molecule has 65 heavy (non-hydrogen) atoms. The normalized spacial score (nSPS) is 14.5. The van der Waals surface area contributed by atoms with E-state index in [4.69, 9.17) is 0 Å². The number of benzene rings is 11. The summed E-state index contributed by atoms with van der Waals surface area (Å²) in [5, 5.41) is 7.48. The van der Waals surface area contributed by atoms with Crippen molar-refractivity contribution in [2.75, 3.05) is 4.90 Å². The first-order valence-corrected chi connectivity index (χ1v) is 22.6. The van der Waals surface area contributed by atoms with Crippen LogP contribution in [0.3, 0.4) is 0 Å². The highest BCUT2D eigenvalue weighted by Crippen LogP contribution is 2.64. The van der Waals surface area contributed by atoms with Gasteiger partial charge >= 0.3 is 0 Å². The number of hydrogen-bond donors (Lipinski definition) is 0. The van der Waals surface area contributed by atoms with Gasteiger partial charge < -0.3 is 9.47 Å². The molecule has 2 aliphatic carbocycles. The highest BCUT2D eigenvalue weighted by atomic mass is 15.1. The van der Waals surface area contributed by atoms with Crippen LogP contribution in [0.5, 0.6) is 0 Å². The van der Waals surface area contributed by atoms with Crippen molar-refractivity contribution >= 4 is 60.4 Å². The quantitative estimate of drug-likeness (QED) is 0.168. The predicted molar refractivity (Wildman–Crippen MR) is 272 cm³/mol. The Morgan fingerprint density at radius 2 is 0.877 bits per heavy atom. The molecule has 0 radical (unpaired) electrons. The van der Waals surface area contributed by atoms with Gasteiger partial charge in [-0.05, 0) is 132 Å². The Morgan fingerprint density at radius 3 is 1.71 bits per heavy atom. The minimum absolute atomic E-state index is 0.615. The Hall–Kier alpha value is -8.46. The Balaban J connectivity index is 1.09. The third kappa shape index (κ3) is 5.05. The van der Waals surface area contributed by atoms with Crippen LogP contribution < -0.4 is 4.90 Å².